The molecule has 0 unspecified atom stereocenters. The van der Waals surface area contributed by atoms with Gasteiger partial charge in [0.1, 0.15) is 4.83 Å². The molecule has 0 aromatic carbocycles. The van der Waals surface area contributed by atoms with E-state index in [0.29, 0.717) is 24.3 Å². The molecule has 5 nitrogen and oxygen atoms in total. The van der Waals surface area contributed by atoms with E-state index >= 15 is 0 Å². The van der Waals surface area contributed by atoms with E-state index in [4.69, 9.17) is 0 Å². The van der Waals surface area contributed by atoms with Crippen LogP contribution in [0, 0.1) is 20.8 Å². The predicted octanol–water partition coefficient (Wildman–Crippen LogP) is 3.60. The molecule has 0 aliphatic rings. The molecule has 0 saturated carbocycles. The summed E-state index contributed by atoms with van der Waals surface area (Å²) in [5.41, 5.74) is 3.11. The van der Waals surface area contributed by atoms with Crippen LogP contribution in [0.5, 0.6) is 0 Å². The number of carbonyl (C=O) groups excluding carboxylic acids is 2. The summed E-state index contributed by atoms with van der Waals surface area (Å²) in [5, 5.41) is 4.02. The number of rotatable bonds is 7. The molecule has 0 spiro atoms. The predicted molar refractivity (Wildman–Crippen MR) is 103 cm³/mol. The molecule has 2 heterocycles. The van der Waals surface area contributed by atoms with Crippen molar-refractivity contribution in [2.45, 2.75) is 47.5 Å². The lowest BCUT2D eigenvalue weighted by molar-refractivity contribution is -0.130. The largest absolute Gasteiger partial charge is 0.351 e. The first kappa shape index (κ1) is 19.4. The van der Waals surface area contributed by atoms with Crippen LogP contribution < -0.4 is 5.32 Å². The highest BCUT2D eigenvalue weighted by molar-refractivity contribution is 7.20. The van der Waals surface area contributed by atoms with Gasteiger partial charge >= 0.3 is 0 Å². The van der Waals surface area contributed by atoms with Crippen LogP contribution in [0.4, 0.5) is 0 Å². The summed E-state index contributed by atoms with van der Waals surface area (Å²) in [4.78, 5) is 32.5. The zero-order chi connectivity index (χ0) is 18.6. The van der Waals surface area contributed by atoms with Crippen molar-refractivity contribution in [2.75, 3.05) is 19.6 Å². The zero-order valence-electron chi connectivity index (χ0n) is 15.7. The number of amides is 2. The van der Waals surface area contributed by atoms with E-state index in [2.05, 4.69) is 17.2 Å². The normalized spacial score (nSPS) is 10.9. The van der Waals surface area contributed by atoms with Gasteiger partial charge in [-0.2, -0.15) is 0 Å². The van der Waals surface area contributed by atoms with Gasteiger partial charge in [-0.15, -0.1) is 11.3 Å². The summed E-state index contributed by atoms with van der Waals surface area (Å²) >= 11 is 1.44. The number of nitrogens with one attached hydrogen (secondary N) is 1. The minimum atomic E-state index is -0.0761. The van der Waals surface area contributed by atoms with Crippen LogP contribution in [-0.4, -0.2) is 41.3 Å². The zero-order valence-corrected chi connectivity index (χ0v) is 16.5. The van der Waals surface area contributed by atoms with Crippen molar-refractivity contribution in [1.82, 2.24) is 15.2 Å². The third-order valence-corrected chi connectivity index (χ3v) is 5.59. The lowest BCUT2D eigenvalue weighted by Gasteiger charge is -2.18. The third kappa shape index (κ3) is 4.37. The summed E-state index contributed by atoms with van der Waals surface area (Å²) in [6, 6.07) is 2.04. The fourth-order valence-electron chi connectivity index (χ4n) is 3.09. The molecule has 6 heteroatoms. The minimum absolute atomic E-state index is 0.0761. The van der Waals surface area contributed by atoms with Gasteiger partial charge in [-0.3, -0.25) is 9.59 Å². The Morgan fingerprint density at radius 2 is 1.88 bits per heavy atom. The van der Waals surface area contributed by atoms with E-state index in [1.54, 1.807) is 0 Å². The number of aromatic nitrogens is 1. The quantitative estimate of drug-likeness (QED) is 0.767. The smallest absolute Gasteiger partial charge is 0.261 e. The third-order valence-electron chi connectivity index (χ3n) is 4.40. The molecule has 0 aliphatic heterocycles. The molecule has 2 amide bonds. The Hall–Kier alpha value is -1.95. The topological polar surface area (TPSA) is 62.3 Å². The van der Waals surface area contributed by atoms with Crippen LogP contribution in [-0.2, 0) is 4.79 Å². The van der Waals surface area contributed by atoms with E-state index in [0.717, 1.165) is 40.1 Å². The number of nitrogens with zero attached hydrogens (tertiary/aromatic N) is 2. The van der Waals surface area contributed by atoms with E-state index in [9.17, 15) is 9.59 Å². The van der Waals surface area contributed by atoms with E-state index in [-0.39, 0.29) is 11.8 Å². The summed E-state index contributed by atoms with van der Waals surface area (Å²) in [5.74, 6) is 0.0698. The standard InChI is InChI=1S/C19H27N3O2S/c1-6-22(7-2)15(23)9-8-10-20-18(24)17-14(5)16-12(3)11-13(4)21-19(16)25-17/h11H,6-10H2,1-5H3,(H,20,24). The van der Waals surface area contributed by atoms with Gasteiger partial charge in [0.15, 0.2) is 0 Å². The van der Waals surface area contributed by atoms with Gasteiger partial charge in [0.05, 0.1) is 4.88 Å². The van der Waals surface area contributed by atoms with Gasteiger partial charge in [0.25, 0.3) is 5.91 Å². The maximum absolute atomic E-state index is 12.5. The number of aryl methyl sites for hydroxylation is 3. The maximum atomic E-state index is 12.5. The number of thiophene rings is 1. The highest BCUT2D eigenvalue weighted by Gasteiger charge is 2.18. The number of hydrogen-bond donors (Lipinski definition) is 1. The van der Waals surface area contributed by atoms with E-state index < -0.39 is 0 Å². The Kier molecular flexibility index (Phi) is 6.53. The van der Waals surface area contributed by atoms with Gasteiger partial charge in [-0.1, -0.05) is 0 Å². The molecule has 136 valence electrons. The first-order valence-corrected chi connectivity index (χ1v) is 9.63. The van der Waals surface area contributed by atoms with Crippen molar-refractivity contribution in [1.29, 1.82) is 0 Å². The maximum Gasteiger partial charge on any atom is 0.261 e. The summed E-state index contributed by atoms with van der Waals surface area (Å²) < 4.78 is 0. The minimum Gasteiger partial charge on any atom is -0.351 e. The number of pyridine rings is 1. The molecular formula is C19H27N3O2S. The first-order valence-electron chi connectivity index (χ1n) is 8.82. The fraction of sp³-hybridized carbons (Fsp3) is 0.526. The molecule has 0 fully saturated rings. The average molecular weight is 362 g/mol. The Morgan fingerprint density at radius 1 is 1.20 bits per heavy atom. The second kappa shape index (κ2) is 8.43. The molecule has 2 aromatic rings. The molecule has 0 aliphatic carbocycles. The van der Waals surface area contributed by atoms with Crippen molar-refractivity contribution in [3.63, 3.8) is 0 Å². The van der Waals surface area contributed by atoms with E-state index in [1.807, 2.05) is 38.7 Å². The van der Waals surface area contributed by atoms with Crippen molar-refractivity contribution in [3.05, 3.63) is 27.8 Å². The van der Waals surface area contributed by atoms with Crippen LogP contribution in [0.25, 0.3) is 10.2 Å². The lowest BCUT2D eigenvalue weighted by atomic mass is 10.1. The van der Waals surface area contributed by atoms with Crippen LogP contribution >= 0.6 is 11.3 Å². The van der Waals surface area contributed by atoms with Crippen LogP contribution in [0.2, 0.25) is 0 Å². The number of fused-ring (bicyclic) bond motifs is 1. The molecule has 2 rings (SSSR count). The second-order valence-corrected chi connectivity index (χ2v) is 7.24. The van der Waals surface area contributed by atoms with Crippen molar-refractivity contribution >= 4 is 33.4 Å². The molecule has 25 heavy (non-hydrogen) atoms. The van der Waals surface area contributed by atoms with Gasteiger partial charge in [0, 0.05) is 37.1 Å². The van der Waals surface area contributed by atoms with Gasteiger partial charge in [-0.05, 0) is 58.2 Å². The van der Waals surface area contributed by atoms with E-state index in [1.165, 1.54) is 11.3 Å². The van der Waals surface area contributed by atoms with Gasteiger partial charge < -0.3 is 10.2 Å². The molecule has 0 atom stereocenters. The molecule has 2 aromatic heterocycles. The summed E-state index contributed by atoms with van der Waals surface area (Å²) in [6.07, 6.45) is 1.12. The van der Waals surface area contributed by atoms with Crippen molar-refractivity contribution < 1.29 is 9.59 Å². The first-order chi connectivity index (χ1) is 11.9. The van der Waals surface area contributed by atoms with Crippen LogP contribution in [0.15, 0.2) is 6.07 Å². The van der Waals surface area contributed by atoms with Crippen LogP contribution in [0.3, 0.4) is 0 Å². The van der Waals surface area contributed by atoms with Gasteiger partial charge in [-0.25, -0.2) is 4.98 Å². The lowest BCUT2D eigenvalue weighted by Crippen LogP contribution is -2.31. The average Bonchev–Trinajstić information content (AvgIpc) is 2.89. The monoisotopic (exact) mass is 361 g/mol. The molecule has 1 N–H and O–H groups in total. The SMILES string of the molecule is CCN(CC)C(=O)CCCNC(=O)c1sc2nc(C)cc(C)c2c1C. The molecular weight excluding hydrogens is 334 g/mol. The Balaban J connectivity index is 1.98. The highest BCUT2D eigenvalue weighted by atomic mass is 32.1. The van der Waals surface area contributed by atoms with Crippen molar-refractivity contribution in [3.8, 4) is 0 Å². The highest BCUT2D eigenvalue weighted by Crippen LogP contribution is 2.32. The molecule has 0 saturated heterocycles. The number of carbonyl (C=O) groups is 2. The Morgan fingerprint density at radius 3 is 2.52 bits per heavy atom. The van der Waals surface area contributed by atoms with Gasteiger partial charge in [0.2, 0.25) is 5.91 Å². The second-order valence-electron chi connectivity index (χ2n) is 6.24. The van der Waals surface area contributed by atoms with Crippen molar-refractivity contribution in [2.24, 2.45) is 0 Å². The van der Waals surface area contributed by atoms with Crippen LogP contribution in [0.1, 0.15) is 53.2 Å². The number of hydrogen-bond acceptors (Lipinski definition) is 4. The fourth-order valence-corrected chi connectivity index (χ4v) is 4.31. The molecule has 0 bridgehead atoms. The summed E-state index contributed by atoms with van der Waals surface area (Å²) in [7, 11) is 0. The molecule has 0 radical (unpaired) electrons. The Bertz CT molecular complexity index is 779. The Labute approximate surface area is 153 Å². The summed E-state index contributed by atoms with van der Waals surface area (Å²) in [6.45, 7) is 11.9.